The number of benzene rings is 2. The molecule has 2 aromatic carbocycles. The van der Waals surface area contributed by atoms with Crippen LogP contribution in [0.4, 0.5) is 10.5 Å². The lowest BCUT2D eigenvalue weighted by Gasteiger charge is -2.19. The molecule has 0 saturated heterocycles. The maximum Gasteiger partial charge on any atom is 0.327 e. The molecule has 0 unspecified atom stereocenters. The second-order valence-corrected chi connectivity index (χ2v) is 7.17. The van der Waals surface area contributed by atoms with Gasteiger partial charge in [-0.15, -0.1) is 0 Å². The summed E-state index contributed by atoms with van der Waals surface area (Å²) in [5.41, 5.74) is 2.77. The van der Waals surface area contributed by atoms with E-state index in [4.69, 9.17) is 23.2 Å². The minimum absolute atomic E-state index is 0.00310. The monoisotopic (exact) mass is 407 g/mol. The van der Waals surface area contributed by atoms with Crippen molar-refractivity contribution in [3.63, 3.8) is 0 Å². The number of carbonyl (C=O) groups is 2. The standard InChI is InChI=1S/C19H19Cl2N3O3/c20-14-6-3-7-15(21)17(14)24-16(18(25)26)10-22-19(27)23-13-8-11-4-1-2-5-12(11)9-13/h1-7,13,16,24H,8-10H2,(H,25,26)(H2,22,23,27)/t16-/m0/s1. The number of urea groups is 1. The number of aliphatic carboxylic acids is 1. The Kier molecular flexibility index (Phi) is 6.08. The van der Waals surface area contributed by atoms with Crippen LogP contribution in [0.25, 0.3) is 0 Å². The van der Waals surface area contributed by atoms with E-state index in [1.807, 2.05) is 24.3 Å². The molecule has 0 radical (unpaired) electrons. The molecule has 27 heavy (non-hydrogen) atoms. The van der Waals surface area contributed by atoms with E-state index in [1.54, 1.807) is 18.2 Å². The van der Waals surface area contributed by atoms with Gasteiger partial charge in [0.2, 0.25) is 0 Å². The van der Waals surface area contributed by atoms with Crippen molar-refractivity contribution in [2.45, 2.75) is 24.9 Å². The van der Waals surface area contributed by atoms with Crippen molar-refractivity contribution in [2.75, 3.05) is 11.9 Å². The number of carbonyl (C=O) groups excluding carboxylic acids is 1. The number of amides is 2. The molecule has 2 amide bonds. The third kappa shape index (κ3) is 4.84. The average Bonchev–Trinajstić information content (AvgIpc) is 3.02. The topological polar surface area (TPSA) is 90.5 Å². The van der Waals surface area contributed by atoms with Crippen LogP contribution in [0, 0.1) is 0 Å². The molecule has 1 atom stereocenters. The number of carboxylic acid groups (broad SMARTS) is 1. The van der Waals surface area contributed by atoms with Crippen LogP contribution in [0.5, 0.6) is 0 Å². The molecule has 0 heterocycles. The lowest BCUT2D eigenvalue weighted by atomic mass is 10.1. The van der Waals surface area contributed by atoms with Crippen LogP contribution in [0.2, 0.25) is 10.0 Å². The lowest BCUT2D eigenvalue weighted by Crippen LogP contribution is -2.48. The fourth-order valence-corrected chi connectivity index (χ4v) is 3.61. The number of rotatable bonds is 6. The zero-order valence-electron chi connectivity index (χ0n) is 14.3. The molecular weight excluding hydrogens is 389 g/mol. The molecule has 1 aliphatic carbocycles. The number of anilines is 1. The van der Waals surface area contributed by atoms with Crippen LogP contribution >= 0.6 is 23.2 Å². The Morgan fingerprint density at radius 2 is 1.63 bits per heavy atom. The molecular formula is C19H19Cl2N3O3. The second-order valence-electron chi connectivity index (χ2n) is 6.36. The molecule has 0 fully saturated rings. The minimum Gasteiger partial charge on any atom is -0.480 e. The molecule has 4 N–H and O–H groups in total. The van der Waals surface area contributed by atoms with Gasteiger partial charge in [-0.05, 0) is 36.1 Å². The first-order valence-electron chi connectivity index (χ1n) is 8.48. The Labute approximate surface area is 166 Å². The van der Waals surface area contributed by atoms with Crippen molar-refractivity contribution >= 4 is 40.9 Å². The van der Waals surface area contributed by atoms with Crippen molar-refractivity contribution in [3.8, 4) is 0 Å². The Morgan fingerprint density at radius 1 is 1.04 bits per heavy atom. The van der Waals surface area contributed by atoms with Gasteiger partial charge in [-0.1, -0.05) is 53.5 Å². The van der Waals surface area contributed by atoms with E-state index in [2.05, 4.69) is 16.0 Å². The second kappa shape index (κ2) is 8.50. The maximum absolute atomic E-state index is 12.2. The molecule has 3 rings (SSSR count). The van der Waals surface area contributed by atoms with Gasteiger partial charge in [-0.3, -0.25) is 0 Å². The summed E-state index contributed by atoms with van der Waals surface area (Å²) in [6.07, 6.45) is 1.53. The van der Waals surface area contributed by atoms with Crippen LogP contribution < -0.4 is 16.0 Å². The first kappa shape index (κ1) is 19.3. The number of fused-ring (bicyclic) bond motifs is 1. The first-order chi connectivity index (χ1) is 12.9. The normalized spacial score (nSPS) is 14.3. The van der Waals surface area contributed by atoms with E-state index in [0.717, 1.165) is 12.8 Å². The third-order valence-electron chi connectivity index (χ3n) is 4.43. The van der Waals surface area contributed by atoms with Crippen LogP contribution in [0.3, 0.4) is 0 Å². The van der Waals surface area contributed by atoms with Crippen molar-refractivity contribution in [2.24, 2.45) is 0 Å². The molecule has 1 aliphatic rings. The Bertz CT molecular complexity index is 815. The summed E-state index contributed by atoms with van der Waals surface area (Å²) in [4.78, 5) is 23.7. The van der Waals surface area contributed by atoms with Gasteiger partial charge in [0.1, 0.15) is 6.04 Å². The van der Waals surface area contributed by atoms with Crippen molar-refractivity contribution in [3.05, 3.63) is 63.6 Å². The van der Waals surface area contributed by atoms with E-state index < -0.39 is 18.0 Å². The summed E-state index contributed by atoms with van der Waals surface area (Å²) in [6, 6.07) is 11.4. The minimum atomic E-state index is -1.13. The molecule has 0 saturated carbocycles. The molecule has 8 heteroatoms. The van der Waals surface area contributed by atoms with Crippen LogP contribution in [-0.4, -0.2) is 35.7 Å². The fourth-order valence-electron chi connectivity index (χ4n) is 3.10. The van der Waals surface area contributed by atoms with Crippen molar-refractivity contribution < 1.29 is 14.7 Å². The molecule has 0 aromatic heterocycles. The van der Waals surface area contributed by atoms with E-state index >= 15 is 0 Å². The van der Waals surface area contributed by atoms with Gasteiger partial charge in [-0.2, -0.15) is 0 Å². The van der Waals surface area contributed by atoms with E-state index in [-0.39, 0.29) is 12.6 Å². The van der Waals surface area contributed by atoms with Crippen LogP contribution in [0.15, 0.2) is 42.5 Å². The Balaban J connectivity index is 1.54. The first-order valence-corrected chi connectivity index (χ1v) is 9.24. The highest BCUT2D eigenvalue weighted by Gasteiger charge is 2.24. The summed E-state index contributed by atoms with van der Waals surface area (Å²) in [7, 11) is 0. The molecule has 2 aromatic rings. The predicted molar refractivity (Wildman–Crippen MR) is 106 cm³/mol. The zero-order valence-corrected chi connectivity index (χ0v) is 15.8. The van der Waals surface area contributed by atoms with E-state index in [9.17, 15) is 14.7 Å². The average molecular weight is 408 g/mol. The van der Waals surface area contributed by atoms with Gasteiger partial charge < -0.3 is 21.1 Å². The zero-order chi connectivity index (χ0) is 19.4. The fraction of sp³-hybridized carbons (Fsp3) is 0.263. The SMILES string of the molecule is O=C(NC[C@H](Nc1c(Cl)cccc1Cl)C(=O)O)NC1Cc2ccccc2C1. The molecule has 0 aliphatic heterocycles. The van der Waals surface area contributed by atoms with E-state index in [0.29, 0.717) is 15.7 Å². The smallest absolute Gasteiger partial charge is 0.327 e. The predicted octanol–water partition coefficient (Wildman–Crippen LogP) is 3.33. The summed E-state index contributed by atoms with van der Waals surface area (Å²) >= 11 is 12.1. The van der Waals surface area contributed by atoms with Gasteiger partial charge in [0, 0.05) is 6.04 Å². The third-order valence-corrected chi connectivity index (χ3v) is 5.06. The number of nitrogens with one attached hydrogen (secondary N) is 3. The largest absolute Gasteiger partial charge is 0.480 e. The summed E-state index contributed by atoms with van der Waals surface area (Å²) in [5.74, 6) is -1.13. The van der Waals surface area contributed by atoms with Gasteiger partial charge in [0.15, 0.2) is 0 Å². The number of halogens is 2. The molecule has 142 valence electrons. The van der Waals surface area contributed by atoms with Crippen molar-refractivity contribution in [1.29, 1.82) is 0 Å². The maximum atomic E-state index is 12.2. The summed E-state index contributed by atoms with van der Waals surface area (Å²) in [5, 5.41) is 18.3. The van der Waals surface area contributed by atoms with Gasteiger partial charge in [0.25, 0.3) is 0 Å². The lowest BCUT2D eigenvalue weighted by molar-refractivity contribution is -0.137. The molecule has 0 bridgehead atoms. The molecule has 0 spiro atoms. The highest BCUT2D eigenvalue weighted by molar-refractivity contribution is 6.39. The number of hydrogen-bond donors (Lipinski definition) is 4. The Hall–Kier alpha value is -2.44. The summed E-state index contributed by atoms with van der Waals surface area (Å²) in [6.45, 7) is -0.123. The molecule has 6 nitrogen and oxygen atoms in total. The highest BCUT2D eigenvalue weighted by atomic mass is 35.5. The quantitative estimate of drug-likeness (QED) is 0.590. The highest BCUT2D eigenvalue weighted by Crippen LogP contribution is 2.30. The van der Waals surface area contributed by atoms with Crippen LogP contribution in [0.1, 0.15) is 11.1 Å². The van der Waals surface area contributed by atoms with Gasteiger partial charge in [-0.25, -0.2) is 9.59 Å². The number of hydrogen-bond acceptors (Lipinski definition) is 3. The number of carboxylic acids is 1. The Morgan fingerprint density at radius 3 is 2.19 bits per heavy atom. The van der Waals surface area contributed by atoms with Gasteiger partial charge >= 0.3 is 12.0 Å². The number of para-hydroxylation sites is 1. The van der Waals surface area contributed by atoms with Gasteiger partial charge in [0.05, 0.1) is 22.3 Å². The van der Waals surface area contributed by atoms with E-state index in [1.165, 1.54) is 11.1 Å². The van der Waals surface area contributed by atoms with Crippen LogP contribution in [-0.2, 0) is 17.6 Å². The van der Waals surface area contributed by atoms with Crippen molar-refractivity contribution in [1.82, 2.24) is 10.6 Å². The summed E-state index contributed by atoms with van der Waals surface area (Å²) < 4.78 is 0.